The molecule has 0 saturated carbocycles. The molecule has 1 atom stereocenters. The van der Waals surface area contributed by atoms with E-state index in [9.17, 15) is 14.4 Å². The second-order valence-corrected chi connectivity index (χ2v) is 5.29. The highest BCUT2D eigenvalue weighted by Crippen LogP contribution is 2.29. The zero-order valence-electron chi connectivity index (χ0n) is 11.8. The number of carbonyl (C=O) groups excluding carboxylic acids is 3. The quantitative estimate of drug-likeness (QED) is 0.733. The molecule has 5 nitrogen and oxygen atoms in total. The Balaban J connectivity index is 2.06. The van der Waals surface area contributed by atoms with Crippen molar-refractivity contribution in [3.05, 3.63) is 41.6 Å². The number of hydrogen-bond donors (Lipinski definition) is 0. The number of fused-ring (bicyclic) bond motifs is 1. The molecule has 0 spiro atoms. The maximum Gasteiger partial charge on any atom is 0.271 e. The van der Waals surface area contributed by atoms with Gasteiger partial charge in [0.2, 0.25) is 5.91 Å². The van der Waals surface area contributed by atoms with E-state index >= 15 is 0 Å². The molecule has 108 valence electrons. The van der Waals surface area contributed by atoms with Crippen molar-refractivity contribution in [1.29, 1.82) is 0 Å². The molecule has 21 heavy (non-hydrogen) atoms. The maximum atomic E-state index is 12.6. The molecule has 0 bridgehead atoms. The van der Waals surface area contributed by atoms with E-state index in [2.05, 4.69) is 0 Å². The largest absolute Gasteiger partial charge is 0.325 e. The van der Waals surface area contributed by atoms with Crippen molar-refractivity contribution < 1.29 is 14.4 Å². The molecule has 3 rings (SSSR count). The van der Waals surface area contributed by atoms with Gasteiger partial charge in [0.25, 0.3) is 11.8 Å². The second kappa shape index (κ2) is 5.16. The minimum absolute atomic E-state index is 0.150. The molecule has 2 fully saturated rings. The van der Waals surface area contributed by atoms with Crippen LogP contribution in [-0.4, -0.2) is 40.1 Å². The van der Waals surface area contributed by atoms with Crippen molar-refractivity contribution in [2.75, 3.05) is 6.54 Å². The van der Waals surface area contributed by atoms with Crippen LogP contribution in [0.15, 0.2) is 36.0 Å². The smallest absolute Gasteiger partial charge is 0.271 e. The van der Waals surface area contributed by atoms with E-state index in [1.54, 1.807) is 11.0 Å². The van der Waals surface area contributed by atoms with Gasteiger partial charge in [-0.3, -0.25) is 14.4 Å². The highest BCUT2D eigenvalue weighted by atomic mass is 16.2. The number of imide groups is 1. The predicted molar refractivity (Wildman–Crippen MR) is 76.7 cm³/mol. The second-order valence-electron chi connectivity index (χ2n) is 5.29. The fourth-order valence-corrected chi connectivity index (χ4v) is 2.94. The Morgan fingerprint density at radius 1 is 1.24 bits per heavy atom. The van der Waals surface area contributed by atoms with Crippen LogP contribution in [0.3, 0.4) is 0 Å². The number of benzene rings is 1. The summed E-state index contributed by atoms with van der Waals surface area (Å²) in [6.45, 7) is 1.89. The third-order valence-corrected chi connectivity index (χ3v) is 3.90. The molecular weight excluding hydrogens is 268 g/mol. The summed E-state index contributed by atoms with van der Waals surface area (Å²) in [5.74, 6) is -0.944. The molecule has 2 aliphatic rings. The standard InChI is InChI=1S/C16H16N2O3/c1-11(19)18-14(10-12-6-3-2-4-7-12)15(20)17-9-5-8-13(17)16(18)21/h2-4,6-7,10,13H,5,8-9H2,1H3/b14-10+. The number of rotatable bonds is 1. The third-order valence-electron chi connectivity index (χ3n) is 3.90. The number of piperazine rings is 1. The zero-order valence-corrected chi connectivity index (χ0v) is 11.8. The van der Waals surface area contributed by atoms with Gasteiger partial charge in [0.05, 0.1) is 0 Å². The minimum atomic E-state index is -0.477. The Labute approximate surface area is 122 Å². The summed E-state index contributed by atoms with van der Waals surface area (Å²) in [6, 6.07) is 8.75. The average Bonchev–Trinajstić information content (AvgIpc) is 2.95. The van der Waals surface area contributed by atoms with Crippen LogP contribution in [0.1, 0.15) is 25.3 Å². The van der Waals surface area contributed by atoms with Gasteiger partial charge in [-0.2, -0.15) is 0 Å². The molecule has 0 N–H and O–H groups in total. The monoisotopic (exact) mass is 284 g/mol. The fraction of sp³-hybridized carbons (Fsp3) is 0.312. The first-order valence-corrected chi connectivity index (χ1v) is 7.02. The Morgan fingerprint density at radius 3 is 2.62 bits per heavy atom. The summed E-state index contributed by atoms with van der Waals surface area (Å²) in [5, 5.41) is 0. The minimum Gasteiger partial charge on any atom is -0.325 e. The van der Waals surface area contributed by atoms with Crippen molar-refractivity contribution in [3.63, 3.8) is 0 Å². The number of nitrogens with zero attached hydrogens (tertiary/aromatic N) is 2. The Morgan fingerprint density at radius 2 is 1.95 bits per heavy atom. The summed E-state index contributed by atoms with van der Waals surface area (Å²) in [7, 11) is 0. The van der Waals surface area contributed by atoms with Crippen LogP contribution in [-0.2, 0) is 14.4 Å². The summed E-state index contributed by atoms with van der Waals surface area (Å²) < 4.78 is 0. The van der Waals surface area contributed by atoms with E-state index in [-0.39, 0.29) is 17.5 Å². The van der Waals surface area contributed by atoms with Crippen molar-refractivity contribution in [2.24, 2.45) is 0 Å². The van der Waals surface area contributed by atoms with Gasteiger partial charge in [-0.15, -0.1) is 0 Å². The van der Waals surface area contributed by atoms with Crippen LogP contribution >= 0.6 is 0 Å². The van der Waals surface area contributed by atoms with Crippen LogP contribution in [0.25, 0.3) is 6.08 Å². The lowest BCUT2D eigenvalue weighted by molar-refractivity contribution is -0.154. The molecule has 3 amide bonds. The van der Waals surface area contributed by atoms with Gasteiger partial charge in [0.1, 0.15) is 11.7 Å². The van der Waals surface area contributed by atoms with E-state index in [1.165, 1.54) is 6.92 Å². The lowest BCUT2D eigenvalue weighted by atomic mass is 10.1. The van der Waals surface area contributed by atoms with Gasteiger partial charge in [-0.05, 0) is 24.5 Å². The number of carbonyl (C=O) groups is 3. The zero-order chi connectivity index (χ0) is 15.0. The van der Waals surface area contributed by atoms with Crippen LogP contribution in [0.2, 0.25) is 0 Å². The lowest BCUT2D eigenvalue weighted by Crippen LogP contribution is -2.57. The summed E-state index contributed by atoms with van der Waals surface area (Å²) in [4.78, 5) is 39.5. The van der Waals surface area contributed by atoms with Crippen LogP contribution < -0.4 is 0 Å². The van der Waals surface area contributed by atoms with Crippen molar-refractivity contribution in [1.82, 2.24) is 9.80 Å². The first-order valence-electron chi connectivity index (χ1n) is 7.02. The number of amides is 3. The van der Waals surface area contributed by atoms with E-state index in [0.29, 0.717) is 13.0 Å². The molecular formula is C16H16N2O3. The summed E-state index contributed by atoms with van der Waals surface area (Å²) >= 11 is 0. The van der Waals surface area contributed by atoms with E-state index in [1.807, 2.05) is 30.3 Å². The normalized spacial score (nSPS) is 23.7. The van der Waals surface area contributed by atoms with Gasteiger partial charge in [0, 0.05) is 13.5 Å². The first-order chi connectivity index (χ1) is 10.1. The Bertz CT molecular complexity index is 636. The maximum absolute atomic E-state index is 12.6. The molecule has 0 aromatic heterocycles. The molecule has 0 radical (unpaired) electrons. The topological polar surface area (TPSA) is 57.7 Å². The van der Waals surface area contributed by atoms with Gasteiger partial charge < -0.3 is 4.90 Å². The van der Waals surface area contributed by atoms with Gasteiger partial charge in [-0.25, -0.2) is 4.90 Å². The highest BCUT2D eigenvalue weighted by molar-refractivity contribution is 6.14. The molecule has 1 aromatic carbocycles. The number of hydrogen-bond acceptors (Lipinski definition) is 3. The highest BCUT2D eigenvalue weighted by Gasteiger charge is 2.46. The molecule has 0 aliphatic carbocycles. The summed E-state index contributed by atoms with van der Waals surface area (Å²) in [5.41, 5.74) is 0.939. The lowest BCUT2D eigenvalue weighted by Gasteiger charge is -2.36. The Kier molecular flexibility index (Phi) is 3.33. The van der Waals surface area contributed by atoms with Gasteiger partial charge in [-0.1, -0.05) is 30.3 Å². The van der Waals surface area contributed by atoms with Crippen molar-refractivity contribution in [3.8, 4) is 0 Å². The third kappa shape index (κ3) is 2.24. The molecule has 2 aliphatic heterocycles. The molecule has 2 saturated heterocycles. The molecule has 5 heteroatoms. The van der Waals surface area contributed by atoms with E-state index < -0.39 is 11.9 Å². The van der Waals surface area contributed by atoms with Crippen LogP contribution in [0.4, 0.5) is 0 Å². The van der Waals surface area contributed by atoms with E-state index in [0.717, 1.165) is 16.9 Å². The Hall–Kier alpha value is -2.43. The fourth-order valence-electron chi connectivity index (χ4n) is 2.94. The summed E-state index contributed by atoms with van der Waals surface area (Å²) in [6.07, 6.45) is 3.04. The average molecular weight is 284 g/mol. The van der Waals surface area contributed by atoms with Crippen LogP contribution in [0.5, 0.6) is 0 Å². The SMILES string of the molecule is CC(=O)N1C(=O)C2CCCN2C(=O)/C1=C\c1ccccc1. The van der Waals surface area contributed by atoms with Crippen molar-refractivity contribution in [2.45, 2.75) is 25.8 Å². The van der Waals surface area contributed by atoms with E-state index in [4.69, 9.17) is 0 Å². The molecule has 1 unspecified atom stereocenters. The molecule has 1 aromatic rings. The molecule has 2 heterocycles. The van der Waals surface area contributed by atoms with Gasteiger partial charge >= 0.3 is 0 Å². The first kappa shape index (κ1) is 13.5. The van der Waals surface area contributed by atoms with Crippen LogP contribution in [0, 0.1) is 0 Å². The van der Waals surface area contributed by atoms with Gasteiger partial charge in [0.15, 0.2) is 0 Å². The predicted octanol–water partition coefficient (Wildman–Crippen LogP) is 1.41. The van der Waals surface area contributed by atoms with Crippen molar-refractivity contribution >= 4 is 23.8 Å².